The van der Waals surface area contributed by atoms with Crippen molar-refractivity contribution in [2.45, 2.75) is 64.0 Å². The highest BCUT2D eigenvalue weighted by Crippen LogP contribution is 2.28. The van der Waals surface area contributed by atoms with Gasteiger partial charge in [0.1, 0.15) is 6.04 Å². The summed E-state index contributed by atoms with van der Waals surface area (Å²) < 4.78 is 0. The van der Waals surface area contributed by atoms with Crippen molar-refractivity contribution in [3.8, 4) is 0 Å². The lowest BCUT2D eigenvalue weighted by molar-refractivity contribution is -0.127. The average molecular weight is 462 g/mol. The minimum atomic E-state index is -0.433. The van der Waals surface area contributed by atoms with Gasteiger partial charge in [0.25, 0.3) is 0 Å². The van der Waals surface area contributed by atoms with E-state index in [2.05, 4.69) is 15.5 Å². The summed E-state index contributed by atoms with van der Waals surface area (Å²) in [5.74, 6) is 0.228. The van der Waals surface area contributed by atoms with E-state index in [0.29, 0.717) is 11.3 Å². The maximum atomic E-state index is 13.5. The van der Waals surface area contributed by atoms with Crippen molar-refractivity contribution in [2.75, 3.05) is 18.4 Å². The first-order valence-corrected chi connectivity index (χ1v) is 12.5. The highest BCUT2D eigenvalue weighted by Gasteiger charge is 2.32. The van der Waals surface area contributed by atoms with E-state index >= 15 is 0 Å². The van der Waals surface area contributed by atoms with Crippen LogP contribution in [0.4, 0.5) is 5.69 Å². The van der Waals surface area contributed by atoms with E-state index in [0.717, 1.165) is 57.2 Å². The van der Waals surface area contributed by atoms with Gasteiger partial charge in [0, 0.05) is 36.3 Å². The van der Waals surface area contributed by atoms with Crippen molar-refractivity contribution in [3.63, 3.8) is 0 Å². The number of benzene rings is 2. The van der Waals surface area contributed by atoms with Gasteiger partial charge in [-0.1, -0.05) is 61.7 Å². The van der Waals surface area contributed by atoms with E-state index in [1.165, 1.54) is 13.3 Å². The molecule has 180 valence electrons. The number of hydrogen-bond donors (Lipinski definition) is 2. The number of piperidine rings is 1. The van der Waals surface area contributed by atoms with Crippen molar-refractivity contribution in [1.82, 2.24) is 10.2 Å². The molecule has 1 aliphatic carbocycles. The Morgan fingerprint density at radius 3 is 2.26 bits per heavy atom. The Labute approximate surface area is 202 Å². The fourth-order valence-electron chi connectivity index (χ4n) is 5.18. The van der Waals surface area contributed by atoms with Crippen molar-refractivity contribution in [1.29, 1.82) is 0 Å². The van der Waals surface area contributed by atoms with Crippen LogP contribution >= 0.6 is 0 Å². The Morgan fingerprint density at radius 1 is 0.882 bits per heavy atom. The molecule has 2 aromatic rings. The molecule has 2 fully saturated rings. The van der Waals surface area contributed by atoms with Gasteiger partial charge in [-0.25, -0.2) is 0 Å². The van der Waals surface area contributed by atoms with E-state index < -0.39 is 6.04 Å². The number of anilines is 1. The average Bonchev–Trinajstić information content (AvgIpc) is 2.86. The molecule has 6 nitrogen and oxygen atoms in total. The first kappa shape index (κ1) is 24.1. The zero-order valence-electron chi connectivity index (χ0n) is 20.0. The summed E-state index contributed by atoms with van der Waals surface area (Å²) in [7, 11) is 0. The van der Waals surface area contributed by atoms with Gasteiger partial charge in [-0.15, -0.1) is 0 Å². The lowest BCUT2D eigenvalue weighted by Crippen LogP contribution is -2.49. The first-order valence-electron chi connectivity index (χ1n) is 12.5. The maximum absolute atomic E-state index is 13.5. The Kier molecular flexibility index (Phi) is 8.12. The van der Waals surface area contributed by atoms with Crippen LogP contribution in [0, 0.1) is 5.92 Å². The molecule has 0 aromatic heterocycles. The van der Waals surface area contributed by atoms with Gasteiger partial charge in [-0.2, -0.15) is 0 Å². The second-order valence-corrected chi connectivity index (χ2v) is 9.59. The molecule has 4 rings (SSSR count). The topological polar surface area (TPSA) is 78.5 Å². The fraction of sp³-hybridized carbons (Fsp3) is 0.464. The lowest BCUT2D eigenvalue weighted by Gasteiger charge is -2.37. The number of ketones is 1. The molecule has 0 spiro atoms. The zero-order chi connectivity index (χ0) is 23.9. The first-order chi connectivity index (χ1) is 16.5. The molecule has 0 bridgehead atoms. The minimum absolute atomic E-state index is 0.0342. The normalized spacial score (nSPS) is 18.7. The number of rotatable bonds is 7. The molecule has 1 saturated carbocycles. The van der Waals surface area contributed by atoms with Crippen LogP contribution < -0.4 is 10.6 Å². The minimum Gasteiger partial charge on any atom is -0.353 e. The summed E-state index contributed by atoms with van der Waals surface area (Å²) in [6.07, 6.45) is 7.21. The molecule has 0 radical (unpaired) electrons. The molecule has 1 unspecified atom stereocenters. The van der Waals surface area contributed by atoms with Crippen LogP contribution in [0.15, 0.2) is 54.6 Å². The Bertz CT molecular complexity index is 993. The Balaban J connectivity index is 1.42. The Morgan fingerprint density at radius 2 is 1.59 bits per heavy atom. The number of Topliss-reactive ketones (excluding diaryl/α,β-unsaturated/α-hetero) is 1. The van der Waals surface area contributed by atoms with Crippen LogP contribution in [0.2, 0.25) is 0 Å². The Hall–Kier alpha value is -2.99. The number of nitrogens with one attached hydrogen (secondary N) is 2. The molecule has 2 aliphatic rings. The van der Waals surface area contributed by atoms with Gasteiger partial charge in [-0.05, 0) is 50.3 Å². The van der Waals surface area contributed by atoms with E-state index in [4.69, 9.17) is 0 Å². The largest absolute Gasteiger partial charge is 0.353 e. The third-order valence-electron chi connectivity index (χ3n) is 7.12. The number of hydrogen-bond acceptors (Lipinski definition) is 4. The molecule has 1 aliphatic heterocycles. The standard InChI is InChI=1S/C28H35N3O3/c1-20(32)23-13-8-14-25(19-23)30-28(34)26(21-9-4-2-5-10-21)31-17-15-24(16-18-31)29-27(33)22-11-6-3-7-12-22/h2,4-5,8-10,13-14,19,22,24,26H,3,6-7,11-12,15-18H2,1H3,(H,29,33)(H,30,34). The second-order valence-electron chi connectivity index (χ2n) is 9.59. The van der Waals surface area contributed by atoms with Crippen molar-refractivity contribution in [2.24, 2.45) is 5.92 Å². The van der Waals surface area contributed by atoms with Crippen LogP contribution in [-0.4, -0.2) is 41.6 Å². The van der Waals surface area contributed by atoms with Crippen LogP contribution in [0.1, 0.15) is 73.8 Å². The van der Waals surface area contributed by atoms with Crippen molar-refractivity contribution in [3.05, 3.63) is 65.7 Å². The summed E-state index contributed by atoms with van der Waals surface area (Å²) >= 11 is 0. The molecule has 1 atom stereocenters. The summed E-state index contributed by atoms with van der Waals surface area (Å²) in [6.45, 7) is 2.98. The third kappa shape index (κ3) is 6.11. The smallest absolute Gasteiger partial charge is 0.246 e. The predicted molar refractivity (Wildman–Crippen MR) is 134 cm³/mol. The highest BCUT2D eigenvalue weighted by atomic mass is 16.2. The van der Waals surface area contributed by atoms with Crippen LogP contribution in [0.25, 0.3) is 0 Å². The summed E-state index contributed by atoms with van der Waals surface area (Å²) in [5.41, 5.74) is 2.13. The molecule has 1 heterocycles. The number of carbonyl (C=O) groups is 3. The number of amides is 2. The molecular formula is C28H35N3O3. The molecular weight excluding hydrogens is 426 g/mol. The van der Waals surface area contributed by atoms with E-state index in [9.17, 15) is 14.4 Å². The zero-order valence-corrected chi connectivity index (χ0v) is 20.0. The second kappa shape index (κ2) is 11.4. The van der Waals surface area contributed by atoms with E-state index in [1.807, 2.05) is 30.3 Å². The van der Waals surface area contributed by atoms with Gasteiger partial charge in [-0.3, -0.25) is 19.3 Å². The molecule has 34 heavy (non-hydrogen) atoms. The summed E-state index contributed by atoms with van der Waals surface area (Å²) in [6, 6.07) is 16.6. The molecule has 2 aromatic carbocycles. The summed E-state index contributed by atoms with van der Waals surface area (Å²) in [5, 5.41) is 6.29. The van der Waals surface area contributed by atoms with E-state index in [1.54, 1.807) is 24.3 Å². The number of nitrogens with zero attached hydrogens (tertiary/aromatic N) is 1. The van der Waals surface area contributed by atoms with Gasteiger partial charge < -0.3 is 10.6 Å². The molecule has 2 N–H and O–H groups in total. The fourth-order valence-corrected chi connectivity index (χ4v) is 5.18. The summed E-state index contributed by atoms with van der Waals surface area (Å²) in [4.78, 5) is 40.1. The number of carbonyl (C=O) groups excluding carboxylic acids is 3. The molecule has 2 amide bonds. The molecule has 1 saturated heterocycles. The monoisotopic (exact) mass is 461 g/mol. The van der Waals surface area contributed by atoms with Crippen LogP contribution in [0.3, 0.4) is 0 Å². The maximum Gasteiger partial charge on any atom is 0.246 e. The van der Waals surface area contributed by atoms with Crippen molar-refractivity contribution >= 4 is 23.3 Å². The third-order valence-corrected chi connectivity index (χ3v) is 7.12. The lowest BCUT2D eigenvalue weighted by atomic mass is 9.88. The quantitative estimate of drug-likeness (QED) is 0.585. The highest BCUT2D eigenvalue weighted by molar-refractivity contribution is 5.98. The van der Waals surface area contributed by atoms with Gasteiger partial charge >= 0.3 is 0 Å². The van der Waals surface area contributed by atoms with E-state index in [-0.39, 0.29) is 29.6 Å². The van der Waals surface area contributed by atoms with Crippen molar-refractivity contribution < 1.29 is 14.4 Å². The van der Waals surface area contributed by atoms with Crippen LogP contribution in [-0.2, 0) is 9.59 Å². The molecule has 6 heteroatoms. The van der Waals surface area contributed by atoms with Gasteiger partial charge in [0.05, 0.1) is 0 Å². The predicted octanol–water partition coefficient (Wildman–Crippen LogP) is 4.73. The number of likely N-dealkylation sites (tertiary alicyclic amines) is 1. The van der Waals surface area contributed by atoms with Gasteiger partial charge in [0.2, 0.25) is 11.8 Å². The SMILES string of the molecule is CC(=O)c1cccc(NC(=O)C(c2ccccc2)N2CCC(NC(=O)C3CCCCC3)CC2)c1. The van der Waals surface area contributed by atoms with Gasteiger partial charge in [0.15, 0.2) is 5.78 Å². The van der Waals surface area contributed by atoms with Crippen LogP contribution in [0.5, 0.6) is 0 Å².